The number of nitrogens with two attached hydrogens (primary N) is 1. The van der Waals surface area contributed by atoms with Crippen LogP contribution in [0.15, 0.2) is 53.5 Å². The van der Waals surface area contributed by atoms with Gasteiger partial charge in [0.25, 0.3) is 0 Å². The molecule has 3 rings (SSSR count). The second-order valence-electron chi connectivity index (χ2n) is 8.04. The summed E-state index contributed by atoms with van der Waals surface area (Å²) < 4.78 is 5.65. The van der Waals surface area contributed by atoms with E-state index in [0.717, 1.165) is 43.2 Å². The summed E-state index contributed by atoms with van der Waals surface area (Å²) in [6, 6.07) is 16.4. The van der Waals surface area contributed by atoms with Gasteiger partial charge in [0.15, 0.2) is 5.96 Å². The predicted molar refractivity (Wildman–Crippen MR) is 140 cm³/mol. The summed E-state index contributed by atoms with van der Waals surface area (Å²) in [6.07, 6.45) is 0.160. The van der Waals surface area contributed by atoms with Gasteiger partial charge in [-0.1, -0.05) is 31.2 Å². The van der Waals surface area contributed by atoms with Crippen molar-refractivity contribution in [1.82, 2.24) is 9.80 Å². The number of nitrogens with one attached hydrogen (secondary N) is 1. The third-order valence-corrected chi connectivity index (χ3v) is 5.27. The second kappa shape index (κ2) is 12.9. The van der Waals surface area contributed by atoms with Crippen LogP contribution >= 0.6 is 24.0 Å². The summed E-state index contributed by atoms with van der Waals surface area (Å²) in [6.45, 7) is 13.6. The van der Waals surface area contributed by atoms with Gasteiger partial charge in [-0.05, 0) is 55.8 Å². The molecule has 1 aliphatic rings. The molecule has 7 heteroatoms. The van der Waals surface area contributed by atoms with Crippen LogP contribution in [0.3, 0.4) is 0 Å². The van der Waals surface area contributed by atoms with Crippen molar-refractivity contribution in [3.8, 4) is 5.75 Å². The summed E-state index contributed by atoms with van der Waals surface area (Å²) in [4.78, 5) is 9.49. The lowest BCUT2D eigenvalue weighted by atomic mass is 10.1. The van der Waals surface area contributed by atoms with Gasteiger partial charge in [0, 0.05) is 38.4 Å². The van der Waals surface area contributed by atoms with Gasteiger partial charge in [-0.15, -0.1) is 24.0 Å². The number of rotatable bonds is 8. The minimum absolute atomic E-state index is 0. The van der Waals surface area contributed by atoms with E-state index in [2.05, 4.69) is 51.3 Å². The van der Waals surface area contributed by atoms with E-state index in [4.69, 9.17) is 10.5 Å². The number of benzene rings is 2. The van der Waals surface area contributed by atoms with E-state index in [-0.39, 0.29) is 30.1 Å². The molecule has 170 valence electrons. The molecule has 0 unspecified atom stereocenters. The van der Waals surface area contributed by atoms with Crippen molar-refractivity contribution in [3.63, 3.8) is 0 Å². The molecule has 2 aromatic rings. The van der Waals surface area contributed by atoms with Crippen molar-refractivity contribution in [1.29, 1.82) is 0 Å². The van der Waals surface area contributed by atoms with E-state index in [1.165, 1.54) is 18.7 Å². The highest BCUT2D eigenvalue weighted by Gasteiger charge is 2.15. The molecule has 3 N–H and O–H groups in total. The summed E-state index contributed by atoms with van der Waals surface area (Å²) in [5, 5.41) is 3.13. The number of anilines is 1. The SMILES string of the molecule is CCN1CCN(Cc2ccc(CN=C(N)Nc3ccc(OC(C)C)cc3)cc2)CC1.I. The van der Waals surface area contributed by atoms with Gasteiger partial charge < -0.3 is 20.7 Å². The standard InChI is InChI=1S/C24H35N5O.HI/c1-4-28-13-15-29(16-14-28)18-21-7-5-20(6-8-21)17-26-24(25)27-22-9-11-23(12-10-22)30-19(2)3;/h5-12,19H,4,13-18H2,1-3H3,(H3,25,26,27);1H. The minimum atomic E-state index is 0. The lowest BCUT2D eigenvalue weighted by Gasteiger charge is -2.34. The Morgan fingerprint density at radius 3 is 2.13 bits per heavy atom. The van der Waals surface area contributed by atoms with Crippen molar-refractivity contribution in [2.75, 3.05) is 38.0 Å². The van der Waals surface area contributed by atoms with Gasteiger partial charge in [0.05, 0.1) is 12.6 Å². The van der Waals surface area contributed by atoms with E-state index < -0.39 is 0 Å². The summed E-state index contributed by atoms with van der Waals surface area (Å²) in [5.74, 6) is 1.25. The van der Waals surface area contributed by atoms with Gasteiger partial charge in [0.2, 0.25) is 0 Å². The van der Waals surface area contributed by atoms with Crippen LogP contribution in [0.2, 0.25) is 0 Å². The summed E-state index contributed by atoms with van der Waals surface area (Å²) in [7, 11) is 0. The van der Waals surface area contributed by atoms with E-state index in [1.54, 1.807) is 0 Å². The Balaban J connectivity index is 0.00000341. The first-order valence-electron chi connectivity index (χ1n) is 10.9. The highest BCUT2D eigenvalue weighted by atomic mass is 127. The quantitative estimate of drug-likeness (QED) is 0.301. The zero-order valence-electron chi connectivity index (χ0n) is 18.9. The van der Waals surface area contributed by atoms with Crippen molar-refractivity contribution < 1.29 is 4.74 Å². The normalized spacial score (nSPS) is 15.5. The van der Waals surface area contributed by atoms with Gasteiger partial charge in [-0.2, -0.15) is 0 Å². The van der Waals surface area contributed by atoms with Gasteiger partial charge >= 0.3 is 0 Å². The van der Waals surface area contributed by atoms with Gasteiger partial charge in [0.1, 0.15) is 5.75 Å². The third-order valence-electron chi connectivity index (χ3n) is 5.27. The number of guanidine groups is 1. The molecule has 2 aromatic carbocycles. The fourth-order valence-electron chi connectivity index (χ4n) is 3.52. The average molecular weight is 537 g/mol. The van der Waals surface area contributed by atoms with Crippen LogP contribution in [-0.2, 0) is 13.1 Å². The maximum absolute atomic E-state index is 6.05. The fraction of sp³-hybridized carbons (Fsp3) is 0.458. The molecular weight excluding hydrogens is 501 g/mol. The van der Waals surface area contributed by atoms with Crippen LogP contribution in [0, 0.1) is 0 Å². The Morgan fingerprint density at radius 1 is 0.968 bits per heavy atom. The molecule has 0 atom stereocenters. The van der Waals surface area contributed by atoms with E-state index in [1.807, 2.05) is 38.1 Å². The molecule has 0 aromatic heterocycles. The highest BCUT2D eigenvalue weighted by Crippen LogP contribution is 2.17. The summed E-state index contributed by atoms with van der Waals surface area (Å²) >= 11 is 0. The molecule has 31 heavy (non-hydrogen) atoms. The van der Waals surface area contributed by atoms with Crippen LogP contribution in [0.25, 0.3) is 0 Å². The minimum Gasteiger partial charge on any atom is -0.491 e. The Bertz CT molecular complexity index is 800. The van der Waals surface area contributed by atoms with Crippen molar-refractivity contribution in [2.24, 2.45) is 10.7 Å². The van der Waals surface area contributed by atoms with Crippen molar-refractivity contribution in [3.05, 3.63) is 59.7 Å². The molecule has 6 nitrogen and oxygen atoms in total. The zero-order chi connectivity index (χ0) is 21.3. The number of nitrogens with zero attached hydrogens (tertiary/aromatic N) is 3. The molecule has 0 amide bonds. The summed E-state index contributed by atoms with van der Waals surface area (Å²) in [5.41, 5.74) is 9.44. The Morgan fingerprint density at radius 2 is 1.55 bits per heavy atom. The Hall–Kier alpha value is -1.84. The Kier molecular flexibility index (Phi) is 10.6. The molecule has 0 aliphatic carbocycles. The predicted octanol–water partition coefficient (Wildman–Crippen LogP) is 4.16. The van der Waals surface area contributed by atoms with E-state index >= 15 is 0 Å². The molecule has 0 saturated carbocycles. The monoisotopic (exact) mass is 537 g/mol. The highest BCUT2D eigenvalue weighted by molar-refractivity contribution is 14.0. The third kappa shape index (κ3) is 8.66. The van der Waals surface area contributed by atoms with Crippen LogP contribution < -0.4 is 15.8 Å². The molecule has 1 heterocycles. The first-order chi connectivity index (χ1) is 14.5. The first-order valence-corrected chi connectivity index (χ1v) is 10.9. The maximum atomic E-state index is 6.05. The smallest absolute Gasteiger partial charge is 0.193 e. The molecule has 1 fully saturated rings. The van der Waals surface area contributed by atoms with Gasteiger partial charge in [-0.25, -0.2) is 4.99 Å². The lowest BCUT2D eigenvalue weighted by Crippen LogP contribution is -2.45. The molecule has 0 spiro atoms. The number of aliphatic imine (C=N–C) groups is 1. The molecular formula is C24H36IN5O. The number of likely N-dealkylation sites (N-methyl/N-ethyl adjacent to an activating group) is 1. The largest absolute Gasteiger partial charge is 0.491 e. The Labute approximate surface area is 203 Å². The molecule has 0 bridgehead atoms. The van der Waals surface area contributed by atoms with Crippen LogP contribution in [0.5, 0.6) is 5.75 Å². The first kappa shape index (κ1) is 25.4. The van der Waals surface area contributed by atoms with E-state index in [0.29, 0.717) is 12.5 Å². The van der Waals surface area contributed by atoms with Gasteiger partial charge in [-0.3, -0.25) is 4.90 Å². The topological polar surface area (TPSA) is 66.1 Å². The average Bonchev–Trinajstić information content (AvgIpc) is 2.75. The van der Waals surface area contributed by atoms with Crippen molar-refractivity contribution >= 4 is 35.6 Å². The number of piperazine rings is 1. The van der Waals surface area contributed by atoms with Crippen LogP contribution in [-0.4, -0.2) is 54.6 Å². The van der Waals surface area contributed by atoms with Crippen LogP contribution in [0.1, 0.15) is 31.9 Å². The molecule has 1 saturated heterocycles. The molecule has 0 radical (unpaired) electrons. The number of hydrogen-bond donors (Lipinski definition) is 2. The number of ether oxygens (including phenoxy) is 1. The fourth-order valence-corrected chi connectivity index (χ4v) is 3.52. The van der Waals surface area contributed by atoms with Crippen LogP contribution in [0.4, 0.5) is 5.69 Å². The number of halogens is 1. The zero-order valence-corrected chi connectivity index (χ0v) is 21.2. The lowest BCUT2D eigenvalue weighted by molar-refractivity contribution is 0.132. The maximum Gasteiger partial charge on any atom is 0.193 e. The second-order valence-corrected chi connectivity index (χ2v) is 8.04. The van der Waals surface area contributed by atoms with Crippen molar-refractivity contribution in [2.45, 2.75) is 40.0 Å². The van der Waals surface area contributed by atoms with E-state index in [9.17, 15) is 0 Å². The number of hydrogen-bond acceptors (Lipinski definition) is 4. The molecule has 1 aliphatic heterocycles.